The Morgan fingerprint density at radius 1 is 0.292 bits per heavy atom. The van der Waals surface area contributed by atoms with Gasteiger partial charge in [-0.15, -0.1) is 0 Å². The summed E-state index contributed by atoms with van der Waals surface area (Å²) < 4.78 is 76.9. The molecule has 0 N–H and O–H groups in total. The van der Waals surface area contributed by atoms with Crippen LogP contribution in [0, 0.1) is 0 Å². The number of nitrogens with zero attached hydrogens (tertiary/aromatic N) is 3. The minimum absolute atomic E-state index is 0.0194. The molecule has 0 amide bonds. The van der Waals surface area contributed by atoms with Gasteiger partial charge in [0.15, 0.2) is 0 Å². The summed E-state index contributed by atoms with van der Waals surface area (Å²) in [4.78, 5) is 5.04. The summed E-state index contributed by atoms with van der Waals surface area (Å²) in [6.45, 7) is 33.4. The van der Waals surface area contributed by atoms with Crippen molar-refractivity contribution >= 4 is 79.0 Å². The lowest BCUT2D eigenvalue weighted by Crippen LogP contribution is -2.61. The lowest BCUT2D eigenvalue weighted by Gasteiger charge is -2.46. The van der Waals surface area contributed by atoms with Gasteiger partial charge in [0, 0.05) is 61.5 Å². The van der Waals surface area contributed by atoms with Crippen LogP contribution < -0.4 is 26.2 Å². The highest BCUT2D eigenvalue weighted by Crippen LogP contribution is 2.55. The maximum atomic E-state index is 9.80. The van der Waals surface area contributed by atoms with Gasteiger partial charge in [-0.1, -0.05) is 322 Å². The maximum Gasteiger partial charge on any atom is 0.252 e. The highest BCUT2D eigenvalue weighted by molar-refractivity contribution is 7.00. The maximum absolute atomic E-state index is 9.80. The standard InChI is InChI=1S/C92H88BN3/c1-88(2,3)65-43-35-60(36-44-65)71-29-23-30-72(61-37-45-66(46-38-61)89(4,5)6)86(71)95-81-57-69(92(13,14)15)51-53-77(81)93-78-54-52-70(94-79-33-21-19-27-75(79)76-28-20-22-34-80(76)94)58-82(78)96(84-56-64(55-83(95)85(84)93)59-25-17-16-18-26-59)87-73(62-39-47-67(48-40-62)90(7,8)9)31-24-32-74(87)63-41-49-68(50-42-63)91(10,11)12/h16-58H,1-15H3/i19D,20D,21D,22D,27D,28D,33D,34D. The number of rotatable bonds is 8. The number of benzene rings is 12. The first-order valence-corrected chi connectivity index (χ1v) is 33.9. The number of hydrogen-bond acceptors (Lipinski definition) is 2. The number of hydrogen-bond donors (Lipinski definition) is 0. The molecule has 0 saturated carbocycles. The molecule has 0 radical (unpaired) electrons. The molecule has 13 aromatic rings. The zero-order valence-corrected chi connectivity index (χ0v) is 58.1. The summed E-state index contributed by atoms with van der Waals surface area (Å²) in [6.07, 6.45) is 0. The van der Waals surface area contributed by atoms with Crippen molar-refractivity contribution in [1.82, 2.24) is 4.57 Å². The molecule has 0 saturated heterocycles. The van der Waals surface area contributed by atoms with Gasteiger partial charge in [-0.3, -0.25) is 0 Å². The lowest BCUT2D eigenvalue weighted by molar-refractivity contribution is 0.590. The average Bonchev–Trinajstić information content (AvgIpc) is 0.904. The molecule has 0 bridgehead atoms. The van der Waals surface area contributed by atoms with E-state index >= 15 is 0 Å². The molecule has 4 heteroatoms. The molecular formula is C92H88BN3. The van der Waals surface area contributed by atoms with E-state index in [0.717, 1.165) is 112 Å². The Balaban J connectivity index is 1.15. The Morgan fingerprint density at radius 2 is 0.635 bits per heavy atom. The highest BCUT2D eigenvalue weighted by atomic mass is 15.2. The third-order valence-electron chi connectivity index (χ3n) is 20.1. The predicted molar refractivity (Wildman–Crippen MR) is 415 cm³/mol. The second-order valence-electron chi connectivity index (χ2n) is 31.7. The van der Waals surface area contributed by atoms with E-state index in [4.69, 9.17) is 2.74 Å². The van der Waals surface area contributed by atoms with Gasteiger partial charge in [0.2, 0.25) is 0 Å². The van der Waals surface area contributed by atoms with E-state index in [0.29, 0.717) is 5.69 Å². The Morgan fingerprint density at radius 3 is 1.01 bits per heavy atom. The molecule has 3 nitrogen and oxygen atoms in total. The van der Waals surface area contributed by atoms with E-state index in [-0.39, 0.29) is 73.1 Å². The van der Waals surface area contributed by atoms with Crippen LogP contribution in [-0.4, -0.2) is 11.3 Å². The normalized spacial score (nSPS) is 14.5. The molecule has 3 heterocycles. The molecule has 15 rings (SSSR count). The third-order valence-corrected chi connectivity index (χ3v) is 20.1. The first-order chi connectivity index (χ1) is 49.1. The van der Waals surface area contributed by atoms with Gasteiger partial charge >= 0.3 is 0 Å². The van der Waals surface area contributed by atoms with Crippen LogP contribution in [0.5, 0.6) is 0 Å². The molecule has 0 spiro atoms. The Bertz CT molecular complexity index is 5420. The minimum atomic E-state index is -0.492. The molecule has 0 fully saturated rings. The van der Waals surface area contributed by atoms with Gasteiger partial charge in [-0.2, -0.15) is 0 Å². The zero-order chi connectivity index (χ0) is 73.9. The van der Waals surface area contributed by atoms with Crippen molar-refractivity contribution in [1.29, 1.82) is 0 Å². The Kier molecular flexibility index (Phi) is 12.7. The second-order valence-corrected chi connectivity index (χ2v) is 31.7. The predicted octanol–water partition coefficient (Wildman–Crippen LogP) is 23.7. The van der Waals surface area contributed by atoms with Crippen LogP contribution in [-0.2, 0) is 27.1 Å². The van der Waals surface area contributed by atoms with Crippen LogP contribution in [0.4, 0.5) is 34.1 Å². The zero-order valence-electron chi connectivity index (χ0n) is 66.1. The quantitative estimate of drug-likeness (QED) is 0.141. The molecule has 0 atom stereocenters. The molecule has 0 unspecified atom stereocenters. The Hall–Kier alpha value is -9.90. The van der Waals surface area contributed by atoms with Crippen molar-refractivity contribution in [2.24, 2.45) is 0 Å². The van der Waals surface area contributed by atoms with Gasteiger partial charge in [0.1, 0.15) is 0 Å². The number of para-hydroxylation sites is 4. The van der Waals surface area contributed by atoms with E-state index in [1.54, 1.807) is 4.57 Å². The minimum Gasteiger partial charge on any atom is -0.310 e. The van der Waals surface area contributed by atoms with Gasteiger partial charge in [-0.05, 0) is 147 Å². The molecule has 0 aliphatic carbocycles. The molecule has 474 valence electrons. The Labute approximate surface area is 582 Å². The van der Waals surface area contributed by atoms with E-state index < -0.39 is 30.9 Å². The van der Waals surface area contributed by atoms with Gasteiger partial charge in [0.25, 0.3) is 6.71 Å². The van der Waals surface area contributed by atoms with E-state index in [1.807, 2.05) is 6.07 Å². The summed E-state index contributed by atoms with van der Waals surface area (Å²) >= 11 is 0. The van der Waals surface area contributed by atoms with Crippen molar-refractivity contribution in [3.63, 3.8) is 0 Å². The number of anilines is 6. The van der Waals surface area contributed by atoms with Crippen molar-refractivity contribution in [2.45, 2.75) is 131 Å². The summed E-state index contributed by atoms with van der Waals surface area (Å²) in [5, 5.41) is 0.0389. The molecule has 1 aromatic heterocycles. The molecule has 12 aromatic carbocycles. The first kappa shape index (κ1) is 53.4. The fourth-order valence-corrected chi connectivity index (χ4v) is 14.6. The summed E-state index contributed by atoms with van der Waals surface area (Å²) in [6, 6.07) is 75.0. The van der Waals surface area contributed by atoms with E-state index in [1.165, 1.54) is 22.3 Å². The fourth-order valence-electron chi connectivity index (χ4n) is 14.6. The molecular weight excluding hydrogens is 1160 g/mol. The van der Waals surface area contributed by atoms with Gasteiger partial charge < -0.3 is 14.4 Å². The second kappa shape index (κ2) is 22.9. The topological polar surface area (TPSA) is 11.4 Å². The first-order valence-electron chi connectivity index (χ1n) is 37.9. The molecule has 2 aliphatic heterocycles. The van der Waals surface area contributed by atoms with E-state index in [9.17, 15) is 8.22 Å². The van der Waals surface area contributed by atoms with Crippen molar-refractivity contribution in [3.05, 3.63) is 288 Å². The van der Waals surface area contributed by atoms with Gasteiger partial charge in [-0.25, -0.2) is 0 Å². The smallest absolute Gasteiger partial charge is 0.252 e. The van der Waals surface area contributed by atoms with Crippen LogP contribution in [0.2, 0.25) is 0 Å². The summed E-state index contributed by atoms with van der Waals surface area (Å²) in [5.74, 6) is 0. The molecule has 96 heavy (non-hydrogen) atoms. The number of fused-ring (bicyclic) bond motifs is 7. The number of aromatic nitrogens is 1. The summed E-state index contributed by atoms with van der Waals surface area (Å²) in [7, 11) is 0. The lowest BCUT2D eigenvalue weighted by atomic mass is 9.33. The van der Waals surface area contributed by atoms with Crippen LogP contribution in [0.3, 0.4) is 0 Å². The summed E-state index contributed by atoms with van der Waals surface area (Å²) in [5.41, 5.74) is 24.8. The van der Waals surface area contributed by atoms with Crippen molar-refractivity contribution in [3.8, 4) is 61.3 Å². The largest absolute Gasteiger partial charge is 0.310 e. The van der Waals surface area contributed by atoms with Crippen LogP contribution >= 0.6 is 0 Å². The van der Waals surface area contributed by atoms with Crippen molar-refractivity contribution < 1.29 is 11.0 Å². The van der Waals surface area contributed by atoms with Crippen LogP contribution in [0.25, 0.3) is 83.1 Å². The molecule has 2 aliphatic rings. The van der Waals surface area contributed by atoms with Crippen LogP contribution in [0.1, 0.15) is 143 Å². The SMILES string of the molecule is [2H]c1c([2H])c([2H])c2c(c1[2H])c1c([2H])c([2H])c([2H])c([2H])c1n2-c1ccc2c(c1)N(c1c(-c3ccc(C(C)(C)C)cc3)cccc1-c1ccc(C(C)(C)C)cc1)c1cc(-c3ccccc3)cc3c1B2c1ccc(C(C)(C)C)cc1N3c1c(-c2ccc(C(C)(C)C)cc2)cccc1-c1ccc(C(C)(C)C)cc1. The van der Waals surface area contributed by atoms with Gasteiger partial charge in [0.05, 0.1) is 33.4 Å². The van der Waals surface area contributed by atoms with E-state index in [2.05, 4.69) is 320 Å². The van der Waals surface area contributed by atoms with Crippen molar-refractivity contribution in [2.75, 3.05) is 9.80 Å². The van der Waals surface area contributed by atoms with Crippen LogP contribution in [0.15, 0.2) is 261 Å². The highest BCUT2D eigenvalue weighted by Gasteiger charge is 2.46. The average molecular weight is 1250 g/mol. The monoisotopic (exact) mass is 1250 g/mol. The third kappa shape index (κ3) is 10.8. The fraction of sp³-hybridized carbons (Fsp3) is 0.217.